The van der Waals surface area contributed by atoms with Crippen molar-refractivity contribution < 1.29 is 22.7 Å². The van der Waals surface area contributed by atoms with Crippen molar-refractivity contribution in [1.82, 2.24) is 5.32 Å². The van der Waals surface area contributed by atoms with Crippen LogP contribution in [-0.4, -0.2) is 44.4 Å². The average Bonchev–Trinajstić information content (AvgIpc) is 3.07. The Bertz CT molecular complexity index is 823. The summed E-state index contributed by atoms with van der Waals surface area (Å²) in [4.78, 5) is 24.1. The van der Waals surface area contributed by atoms with E-state index in [2.05, 4.69) is 5.32 Å². The molecule has 1 atom stereocenters. The second-order valence-electron chi connectivity index (χ2n) is 5.39. The molecule has 2 aromatic rings. The van der Waals surface area contributed by atoms with Gasteiger partial charge in [-0.2, -0.15) is 0 Å². The van der Waals surface area contributed by atoms with E-state index < -0.39 is 34.4 Å². The molecule has 0 aliphatic carbocycles. The van der Waals surface area contributed by atoms with Gasteiger partial charge in [0.25, 0.3) is 5.91 Å². The van der Waals surface area contributed by atoms with Gasteiger partial charge in [-0.15, -0.1) is 11.3 Å². The van der Waals surface area contributed by atoms with Gasteiger partial charge < -0.3 is 10.1 Å². The van der Waals surface area contributed by atoms with Gasteiger partial charge in [-0.25, -0.2) is 13.2 Å². The normalized spacial score (nSPS) is 19.6. The summed E-state index contributed by atoms with van der Waals surface area (Å²) in [6.07, 6.45) is 0.401. The fraction of sp³-hybridized carbons (Fsp3) is 0.333. The van der Waals surface area contributed by atoms with Gasteiger partial charge in [-0.3, -0.25) is 4.79 Å². The van der Waals surface area contributed by atoms with Crippen LogP contribution in [0.25, 0.3) is 10.1 Å². The third-order valence-electron chi connectivity index (χ3n) is 3.56. The molecule has 0 bridgehead atoms. The first kappa shape index (κ1) is 15.9. The lowest BCUT2D eigenvalue weighted by molar-refractivity contribution is -0.124. The number of sulfone groups is 1. The monoisotopic (exact) mass is 353 g/mol. The Balaban J connectivity index is 1.53. The van der Waals surface area contributed by atoms with E-state index >= 15 is 0 Å². The lowest BCUT2D eigenvalue weighted by Crippen LogP contribution is -2.38. The quantitative estimate of drug-likeness (QED) is 0.839. The molecule has 1 aromatic carbocycles. The van der Waals surface area contributed by atoms with Gasteiger partial charge in [0.2, 0.25) is 0 Å². The number of fused-ring (bicyclic) bond motifs is 1. The average molecular weight is 353 g/mol. The Morgan fingerprint density at radius 1 is 1.30 bits per heavy atom. The van der Waals surface area contributed by atoms with E-state index in [-0.39, 0.29) is 11.5 Å². The molecule has 0 unspecified atom stereocenters. The van der Waals surface area contributed by atoms with E-state index in [1.54, 1.807) is 6.07 Å². The number of amides is 1. The van der Waals surface area contributed by atoms with Crippen molar-refractivity contribution in [2.75, 3.05) is 18.1 Å². The lowest BCUT2D eigenvalue weighted by atomic mass is 10.2. The molecule has 2 heterocycles. The SMILES string of the molecule is O=C(COC(=O)c1cc2ccccc2s1)N[C@H]1CCS(=O)(=O)C1. The Hall–Kier alpha value is -1.93. The number of esters is 1. The predicted octanol–water partition coefficient (Wildman–Crippen LogP) is 1.36. The maximum atomic E-state index is 12.0. The molecule has 1 fully saturated rings. The van der Waals surface area contributed by atoms with E-state index in [1.807, 2.05) is 24.3 Å². The summed E-state index contributed by atoms with van der Waals surface area (Å²) in [5, 5.41) is 3.53. The fourth-order valence-corrected chi connectivity index (χ4v) is 5.09. The van der Waals surface area contributed by atoms with E-state index in [0.29, 0.717) is 11.3 Å². The number of benzene rings is 1. The molecule has 122 valence electrons. The van der Waals surface area contributed by atoms with E-state index in [9.17, 15) is 18.0 Å². The van der Waals surface area contributed by atoms with Crippen LogP contribution in [0.5, 0.6) is 0 Å². The molecule has 1 N–H and O–H groups in total. The maximum absolute atomic E-state index is 12.0. The number of carbonyl (C=O) groups is 2. The number of ether oxygens (including phenoxy) is 1. The molecule has 1 aromatic heterocycles. The molecule has 3 rings (SSSR count). The molecular weight excluding hydrogens is 338 g/mol. The van der Waals surface area contributed by atoms with Gasteiger partial charge in [-0.1, -0.05) is 18.2 Å². The number of hydrogen-bond acceptors (Lipinski definition) is 6. The molecule has 8 heteroatoms. The zero-order valence-corrected chi connectivity index (χ0v) is 13.8. The van der Waals surface area contributed by atoms with Crippen molar-refractivity contribution in [2.45, 2.75) is 12.5 Å². The molecule has 1 aliphatic rings. The molecule has 1 saturated heterocycles. The molecule has 0 saturated carbocycles. The minimum atomic E-state index is -3.05. The van der Waals surface area contributed by atoms with Gasteiger partial charge in [0.15, 0.2) is 16.4 Å². The largest absolute Gasteiger partial charge is 0.451 e. The number of carbonyl (C=O) groups excluding carboxylic acids is 2. The third-order valence-corrected chi connectivity index (χ3v) is 6.42. The Labute approximate surface area is 137 Å². The third kappa shape index (κ3) is 3.89. The summed E-state index contributed by atoms with van der Waals surface area (Å²) >= 11 is 1.30. The van der Waals surface area contributed by atoms with Crippen molar-refractivity contribution in [3.63, 3.8) is 0 Å². The standard InChI is InChI=1S/C15H15NO5S2/c17-14(16-11-5-6-23(19,20)9-11)8-21-15(18)13-7-10-3-1-2-4-12(10)22-13/h1-4,7,11H,5-6,8-9H2,(H,16,17)/t11-/m0/s1. The van der Waals surface area contributed by atoms with Crippen LogP contribution in [-0.2, 0) is 19.4 Å². The summed E-state index contributed by atoms with van der Waals surface area (Å²) < 4.78 is 28.6. The van der Waals surface area contributed by atoms with Crippen LogP contribution in [0, 0.1) is 0 Å². The summed E-state index contributed by atoms with van der Waals surface area (Å²) in [5.74, 6) is -1.01. The highest BCUT2D eigenvalue weighted by molar-refractivity contribution is 7.91. The molecule has 0 spiro atoms. The molecular formula is C15H15NO5S2. The fourth-order valence-electron chi connectivity index (χ4n) is 2.46. The van der Waals surface area contributed by atoms with Crippen LogP contribution in [0.1, 0.15) is 16.1 Å². The highest BCUT2D eigenvalue weighted by Crippen LogP contribution is 2.25. The first-order chi connectivity index (χ1) is 10.9. The first-order valence-corrected chi connectivity index (χ1v) is 9.72. The molecule has 1 aliphatic heterocycles. The Morgan fingerprint density at radius 3 is 2.78 bits per heavy atom. The first-order valence-electron chi connectivity index (χ1n) is 7.08. The smallest absolute Gasteiger partial charge is 0.348 e. The van der Waals surface area contributed by atoms with E-state index in [4.69, 9.17) is 4.74 Å². The number of nitrogens with one attached hydrogen (secondary N) is 1. The van der Waals surface area contributed by atoms with Crippen molar-refractivity contribution in [3.05, 3.63) is 35.2 Å². The highest BCUT2D eigenvalue weighted by Gasteiger charge is 2.29. The van der Waals surface area contributed by atoms with Crippen molar-refractivity contribution in [2.24, 2.45) is 0 Å². The molecule has 1 amide bonds. The van der Waals surface area contributed by atoms with E-state index in [0.717, 1.165) is 10.1 Å². The predicted molar refractivity (Wildman–Crippen MR) is 87.3 cm³/mol. The van der Waals surface area contributed by atoms with Crippen molar-refractivity contribution >= 4 is 43.1 Å². The van der Waals surface area contributed by atoms with Crippen LogP contribution < -0.4 is 5.32 Å². The number of thiophene rings is 1. The van der Waals surface area contributed by atoms with Crippen LogP contribution in [0.2, 0.25) is 0 Å². The van der Waals surface area contributed by atoms with Crippen LogP contribution >= 0.6 is 11.3 Å². The van der Waals surface area contributed by atoms with Gasteiger partial charge in [-0.05, 0) is 23.9 Å². The number of rotatable bonds is 4. The molecule has 23 heavy (non-hydrogen) atoms. The highest BCUT2D eigenvalue weighted by atomic mass is 32.2. The van der Waals surface area contributed by atoms with Gasteiger partial charge >= 0.3 is 5.97 Å². The topological polar surface area (TPSA) is 89.5 Å². The Kier molecular flexibility index (Phi) is 4.36. The minimum Gasteiger partial charge on any atom is -0.451 e. The second kappa shape index (κ2) is 6.29. The van der Waals surface area contributed by atoms with Crippen molar-refractivity contribution in [3.8, 4) is 0 Å². The maximum Gasteiger partial charge on any atom is 0.348 e. The van der Waals surface area contributed by atoms with E-state index in [1.165, 1.54) is 11.3 Å². The van der Waals surface area contributed by atoms with Gasteiger partial charge in [0, 0.05) is 10.7 Å². The Morgan fingerprint density at radius 2 is 2.09 bits per heavy atom. The van der Waals surface area contributed by atoms with Crippen LogP contribution in [0.4, 0.5) is 0 Å². The zero-order chi connectivity index (χ0) is 16.4. The summed E-state index contributed by atoms with van der Waals surface area (Å²) in [5.41, 5.74) is 0. The van der Waals surface area contributed by atoms with Crippen molar-refractivity contribution in [1.29, 1.82) is 0 Å². The molecule has 6 nitrogen and oxygen atoms in total. The van der Waals surface area contributed by atoms with Gasteiger partial charge in [0.05, 0.1) is 11.5 Å². The van der Waals surface area contributed by atoms with Crippen LogP contribution in [0.15, 0.2) is 30.3 Å². The lowest BCUT2D eigenvalue weighted by Gasteiger charge is -2.10. The van der Waals surface area contributed by atoms with Gasteiger partial charge in [0.1, 0.15) is 4.88 Å². The molecule has 0 radical (unpaired) electrons. The van der Waals surface area contributed by atoms with Crippen LogP contribution in [0.3, 0.4) is 0 Å². The minimum absolute atomic E-state index is 0.0526. The summed E-state index contributed by atoms with van der Waals surface area (Å²) in [6.45, 7) is -0.413. The number of hydrogen-bond donors (Lipinski definition) is 1. The second-order valence-corrected chi connectivity index (χ2v) is 8.70. The summed E-state index contributed by atoms with van der Waals surface area (Å²) in [6, 6.07) is 8.91. The zero-order valence-electron chi connectivity index (χ0n) is 12.2. The summed E-state index contributed by atoms with van der Waals surface area (Å²) in [7, 11) is -3.05.